The summed E-state index contributed by atoms with van der Waals surface area (Å²) in [7, 11) is -2.05. The van der Waals surface area contributed by atoms with Crippen LogP contribution < -0.4 is 0 Å². The number of rotatable bonds is 4. The molecule has 1 N–H and O–H groups in total. The molecule has 2 saturated heterocycles. The normalized spacial score (nSPS) is 29.0. The minimum atomic E-state index is -4.77. The molecule has 6 nitrogen and oxygen atoms in total. The van der Waals surface area contributed by atoms with Gasteiger partial charge in [-0.1, -0.05) is 9.06 Å². The van der Waals surface area contributed by atoms with Gasteiger partial charge >= 0.3 is 17.4 Å². The van der Waals surface area contributed by atoms with E-state index in [1.165, 1.54) is 0 Å². The highest BCUT2D eigenvalue weighted by Crippen LogP contribution is 2.71. The van der Waals surface area contributed by atoms with Gasteiger partial charge in [0.15, 0.2) is 0 Å². The lowest BCUT2D eigenvalue weighted by Crippen LogP contribution is -2.46. The Morgan fingerprint density at radius 1 is 1.21 bits per heavy atom. The zero-order chi connectivity index (χ0) is 22.0. The zero-order valence-electron chi connectivity index (χ0n) is 16.8. The molecule has 2 unspecified atom stereocenters. The Morgan fingerprint density at radius 3 is 2.34 bits per heavy atom. The summed E-state index contributed by atoms with van der Waals surface area (Å²) in [5.74, 6) is -1.64. The molecular formula is C18H28F3NO5S2. The lowest BCUT2D eigenvalue weighted by Gasteiger charge is -2.46. The van der Waals surface area contributed by atoms with Crippen molar-refractivity contribution in [1.29, 1.82) is 0 Å². The van der Waals surface area contributed by atoms with Crippen LogP contribution in [0.1, 0.15) is 52.9 Å². The molecule has 29 heavy (non-hydrogen) atoms. The number of alkyl halides is 3. The van der Waals surface area contributed by atoms with E-state index in [0.717, 1.165) is 15.7 Å². The van der Waals surface area contributed by atoms with Gasteiger partial charge < -0.3 is 14.7 Å². The summed E-state index contributed by atoms with van der Waals surface area (Å²) < 4.78 is 47.9. The topological polar surface area (TPSA) is 83.9 Å². The molecule has 11 heteroatoms. The summed E-state index contributed by atoms with van der Waals surface area (Å²) in [6, 6.07) is -1.11. The second-order valence-electron chi connectivity index (χ2n) is 8.24. The van der Waals surface area contributed by atoms with Crippen molar-refractivity contribution in [2.75, 3.05) is 18.1 Å². The molecule has 2 aliphatic heterocycles. The third-order valence-corrected chi connectivity index (χ3v) is 12.0. The lowest BCUT2D eigenvalue weighted by atomic mass is 10.2. The van der Waals surface area contributed by atoms with E-state index in [0.29, 0.717) is 25.0 Å². The van der Waals surface area contributed by atoms with Gasteiger partial charge in [0.2, 0.25) is 5.91 Å². The predicted octanol–water partition coefficient (Wildman–Crippen LogP) is 4.56. The number of carboxylic acid groups (broad SMARTS) is 1. The van der Waals surface area contributed by atoms with Crippen LogP contribution >= 0.6 is 19.9 Å². The molecule has 1 amide bonds. The van der Waals surface area contributed by atoms with Crippen molar-refractivity contribution in [2.45, 2.75) is 75.9 Å². The van der Waals surface area contributed by atoms with Crippen LogP contribution in [0.5, 0.6) is 0 Å². The van der Waals surface area contributed by atoms with Crippen molar-refractivity contribution in [2.24, 2.45) is 0 Å². The Balaban J connectivity index is 2.36. The number of halogens is 3. The smallest absolute Gasteiger partial charge is 0.400 e. The standard InChI is InChI=1S/C18H28F3NO5S2/c1-17(2,3)27-16(26)29(10-5-4-9-28-29)13(18(19,20)21)11-14(23)22-8-6-7-12(22)15(24)25/h12-13H,4-11H2,1-3H3,(H,24,25)/t12-,13?/m0/s1. The van der Waals surface area contributed by atoms with Gasteiger partial charge in [-0.15, -0.1) is 10.8 Å². The first-order chi connectivity index (χ1) is 13.3. The number of amides is 1. The summed E-state index contributed by atoms with van der Waals surface area (Å²) in [5.41, 5.74) is -0.946. The molecule has 0 aliphatic carbocycles. The summed E-state index contributed by atoms with van der Waals surface area (Å²) in [4.78, 5) is 38.0. The Morgan fingerprint density at radius 2 is 1.86 bits per heavy atom. The maximum atomic E-state index is 14.2. The van der Waals surface area contributed by atoms with E-state index in [-0.39, 0.29) is 18.7 Å². The average Bonchev–Trinajstić information content (AvgIpc) is 3.07. The molecular weight excluding hydrogens is 431 g/mol. The first kappa shape index (κ1) is 24.2. The van der Waals surface area contributed by atoms with E-state index < -0.39 is 55.7 Å². The molecule has 3 atom stereocenters. The molecule has 0 radical (unpaired) electrons. The van der Waals surface area contributed by atoms with Crippen molar-refractivity contribution in [1.82, 2.24) is 4.90 Å². The summed E-state index contributed by atoms with van der Waals surface area (Å²) in [5, 5.41) is 6.22. The van der Waals surface area contributed by atoms with Crippen LogP contribution in [-0.4, -0.2) is 68.3 Å². The highest BCUT2D eigenvalue weighted by atomic mass is 33.2. The highest BCUT2D eigenvalue weighted by molar-refractivity contribution is 9.00. The minimum absolute atomic E-state index is 0.0480. The van der Waals surface area contributed by atoms with Gasteiger partial charge in [-0.3, -0.25) is 4.79 Å². The Bertz CT molecular complexity index is 644. The van der Waals surface area contributed by atoms with E-state index in [1.807, 2.05) is 0 Å². The quantitative estimate of drug-likeness (QED) is 0.490. The van der Waals surface area contributed by atoms with E-state index in [2.05, 4.69) is 0 Å². The zero-order valence-corrected chi connectivity index (χ0v) is 18.4. The Kier molecular flexibility index (Phi) is 7.46. The summed E-state index contributed by atoms with van der Waals surface area (Å²) >= 11 is 0. The van der Waals surface area contributed by atoms with E-state index >= 15 is 0 Å². The fourth-order valence-electron chi connectivity index (χ4n) is 3.54. The molecule has 2 rings (SSSR count). The maximum absolute atomic E-state index is 14.2. The Hall–Kier alpha value is -1.10. The largest absolute Gasteiger partial charge is 0.480 e. The summed E-state index contributed by atoms with van der Waals surface area (Å²) in [6.07, 6.45) is -3.88. The summed E-state index contributed by atoms with van der Waals surface area (Å²) in [6.45, 7) is 4.91. The molecule has 0 aromatic rings. The van der Waals surface area contributed by atoms with Gasteiger partial charge in [-0.05, 0) is 52.2 Å². The number of likely N-dealkylation sites (tertiary alicyclic amines) is 1. The van der Waals surface area contributed by atoms with Crippen molar-refractivity contribution in [3.8, 4) is 0 Å². The second-order valence-corrected chi connectivity index (χ2v) is 14.1. The monoisotopic (exact) mass is 459 g/mol. The lowest BCUT2D eigenvalue weighted by molar-refractivity contribution is -0.152. The number of carbonyl (C=O) groups excluding carboxylic acids is 2. The van der Waals surface area contributed by atoms with Crippen LogP contribution in [0, 0.1) is 0 Å². The predicted molar refractivity (Wildman–Crippen MR) is 107 cm³/mol. The molecule has 0 spiro atoms. The highest BCUT2D eigenvalue weighted by Gasteiger charge is 2.57. The SMILES string of the molecule is CC(C)(C)OC(=O)S1(C(CC(=O)N2CCC[C@H]2C(=O)O)C(F)(F)F)CCCCS1. The number of carbonyl (C=O) groups is 3. The van der Waals surface area contributed by atoms with E-state index in [1.54, 1.807) is 20.8 Å². The second kappa shape index (κ2) is 8.95. The van der Waals surface area contributed by atoms with Crippen molar-refractivity contribution >= 4 is 37.0 Å². The fourth-order valence-corrected chi connectivity index (χ4v) is 10.5. The van der Waals surface area contributed by atoms with Crippen LogP contribution in [0.25, 0.3) is 0 Å². The average molecular weight is 460 g/mol. The number of hydrogen-bond donors (Lipinski definition) is 1. The number of nitrogens with zero attached hydrogens (tertiary/aromatic N) is 1. The van der Waals surface area contributed by atoms with Crippen molar-refractivity contribution in [3.05, 3.63) is 0 Å². The fraction of sp³-hybridized carbons (Fsp3) is 0.833. The molecule has 0 aromatic heterocycles. The maximum Gasteiger partial charge on any atom is 0.400 e. The minimum Gasteiger partial charge on any atom is -0.480 e. The van der Waals surface area contributed by atoms with Gasteiger partial charge in [-0.25, -0.2) is 9.59 Å². The first-order valence-electron chi connectivity index (χ1n) is 9.54. The number of aliphatic carboxylic acids is 1. The molecule has 2 aliphatic rings. The van der Waals surface area contributed by atoms with Crippen molar-refractivity contribution in [3.63, 3.8) is 0 Å². The van der Waals surface area contributed by atoms with Crippen LogP contribution in [0.15, 0.2) is 0 Å². The number of carboxylic acids is 1. The van der Waals surface area contributed by atoms with E-state index in [9.17, 15) is 32.7 Å². The third kappa shape index (κ3) is 5.74. The van der Waals surface area contributed by atoms with Gasteiger partial charge in [0, 0.05) is 18.7 Å². The van der Waals surface area contributed by atoms with Gasteiger partial charge in [0.05, 0.1) is 0 Å². The van der Waals surface area contributed by atoms with Crippen LogP contribution in [0.2, 0.25) is 0 Å². The van der Waals surface area contributed by atoms with E-state index in [4.69, 9.17) is 4.74 Å². The third-order valence-electron chi connectivity index (χ3n) is 4.85. The Labute approximate surface area is 173 Å². The van der Waals surface area contributed by atoms with Crippen LogP contribution in [0.3, 0.4) is 0 Å². The molecule has 2 fully saturated rings. The molecule has 168 valence electrons. The first-order valence-corrected chi connectivity index (χ1v) is 12.9. The molecule has 0 aromatic carbocycles. The molecule has 0 saturated carbocycles. The number of ether oxygens (including phenoxy) is 1. The van der Waals surface area contributed by atoms with Gasteiger partial charge in [0.1, 0.15) is 16.9 Å². The van der Waals surface area contributed by atoms with Gasteiger partial charge in [-0.2, -0.15) is 13.2 Å². The molecule has 2 heterocycles. The van der Waals surface area contributed by atoms with Gasteiger partial charge in [0.25, 0.3) is 0 Å². The van der Waals surface area contributed by atoms with Crippen LogP contribution in [-0.2, 0) is 14.3 Å². The van der Waals surface area contributed by atoms with Crippen molar-refractivity contribution < 1.29 is 37.4 Å². The molecule has 0 bridgehead atoms. The number of hydrogen-bond acceptors (Lipinski definition) is 5. The van der Waals surface area contributed by atoms with Crippen LogP contribution in [0.4, 0.5) is 18.0 Å².